The lowest BCUT2D eigenvalue weighted by atomic mass is 10.1. The molecule has 1 fully saturated rings. The highest BCUT2D eigenvalue weighted by Gasteiger charge is 2.15. The number of nitrogens with one attached hydrogen (secondary N) is 1. The molecular formula is C15H16N4O2. The fraction of sp³-hybridized carbons (Fsp3) is 0.267. The number of hydrogen-bond donors (Lipinski definition) is 1. The molecular weight excluding hydrogens is 268 g/mol. The van der Waals surface area contributed by atoms with Crippen molar-refractivity contribution in [1.29, 1.82) is 0 Å². The minimum absolute atomic E-state index is 0.225. The van der Waals surface area contributed by atoms with Gasteiger partial charge >= 0.3 is 0 Å². The van der Waals surface area contributed by atoms with E-state index in [0.29, 0.717) is 32.0 Å². The van der Waals surface area contributed by atoms with Crippen LogP contribution in [0.4, 0.5) is 0 Å². The number of aromatic nitrogens is 2. The number of benzene rings is 1. The number of nitrogens with zero attached hydrogens (tertiary/aromatic N) is 3. The molecule has 0 radical (unpaired) electrons. The van der Waals surface area contributed by atoms with E-state index in [-0.39, 0.29) is 5.91 Å². The Morgan fingerprint density at radius 3 is 2.67 bits per heavy atom. The molecule has 0 atom stereocenters. The summed E-state index contributed by atoms with van der Waals surface area (Å²) < 4.78 is 5.25. The molecule has 6 nitrogen and oxygen atoms in total. The van der Waals surface area contributed by atoms with Crippen molar-refractivity contribution in [2.24, 2.45) is 0 Å². The zero-order valence-corrected chi connectivity index (χ0v) is 11.5. The maximum atomic E-state index is 12.2. The van der Waals surface area contributed by atoms with Crippen molar-refractivity contribution in [1.82, 2.24) is 20.4 Å². The minimum Gasteiger partial charge on any atom is -0.379 e. The quantitative estimate of drug-likeness (QED) is 0.915. The van der Waals surface area contributed by atoms with Crippen LogP contribution in [0.1, 0.15) is 10.5 Å². The van der Waals surface area contributed by atoms with Gasteiger partial charge in [0.1, 0.15) is 12.0 Å². The number of rotatable bonds is 3. The summed E-state index contributed by atoms with van der Waals surface area (Å²) in [6.07, 6.45) is 1.41. The number of morpholine rings is 1. The molecule has 0 unspecified atom stereocenters. The molecule has 1 aromatic heterocycles. The van der Waals surface area contributed by atoms with Gasteiger partial charge in [-0.1, -0.05) is 30.3 Å². The van der Waals surface area contributed by atoms with E-state index in [9.17, 15) is 4.79 Å². The SMILES string of the molecule is O=C(NN1CCOCC1)c1cc(-c2ccccc2)ncn1. The van der Waals surface area contributed by atoms with E-state index >= 15 is 0 Å². The van der Waals surface area contributed by atoms with Crippen LogP contribution in [-0.4, -0.2) is 47.2 Å². The van der Waals surface area contributed by atoms with Crippen molar-refractivity contribution in [3.8, 4) is 11.3 Å². The van der Waals surface area contributed by atoms with Crippen molar-refractivity contribution in [3.05, 3.63) is 48.4 Å². The third-order valence-electron chi connectivity index (χ3n) is 3.24. The minimum atomic E-state index is -0.225. The summed E-state index contributed by atoms with van der Waals surface area (Å²) in [5, 5.41) is 1.84. The van der Waals surface area contributed by atoms with Crippen molar-refractivity contribution < 1.29 is 9.53 Å². The summed E-state index contributed by atoms with van der Waals surface area (Å²) in [6.45, 7) is 2.61. The Morgan fingerprint density at radius 1 is 1.14 bits per heavy atom. The first kappa shape index (κ1) is 13.7. The van der Waals surface area contributed by atoms with E-state index in [2.05, 4.69) is 15.4 Å². The molecule has 0 saturated carbocycles. The number of carbonyl (C=O) groups is 1. The van der Waals surface area contributed by atoms with Crippen LogP contribution >= 0.6 is 0 Å². The lowest BCUT2D eigenvalue weighted by molar-refractivity contribution is 0.0124. The van der Waals surface area contributed by atoms with Crippen LogP contribution in [0.15, 0.2) is 42.7 Å². The smallest absolute Gasteiger partial charge is 0.284 e. The number of hydrazine groups is 1. The Labute approximate surface area is 122 Å². The summed E-state index contributed by atoms with van der Waals surface area (Å²) in [7, 11) is 0. The van der Waals surface area contributed by atoms with Crippen molar-refractivity contribution in [3.63, 3.8) is 0 Å². The van der Waals surface area contributed by atoms with Crippen molar-refractivity contribution in [2.45, 2.75) is 0 Å². The largest absolute Gasteiger partial charge is 0.379 e. The summed E-state index contributed by atoms with van der Waals surface area (Å²) in [4.78, 5) is 20.5. The van der Waals surface area contributed by atoms with Gasteiger partial charge in [-0.3, -0.25) is 10.2 Å². The Kier molecular flexibility index (Phi) is 4.18. The normalized spacial score (nSPS) is 15.6. The molecule has 1 aliphatic rings. The first-order valence-corrected chi connectivity index (χ1v) is 6.84. The van der Waals surface area contributed by atoms with Gasteiger partial charge in [0.2, 0.25) is 0 Å². The summed E-state index contributed by atoms with van der Waals surface area (Å²) >= 11 is 0. The second-order valence-electron chi connectivity index (χ2n) is 4.69. The first-order valence-electron chi connectivity index (χ1n) is 6.84. The highest BCUT2D eigenvalue weighted by Crippen LogP contribution is 2.16. The van der Waals surface area contributed by atoms with Gasteiger partial charge in [-0.25, -0.2) is 15.0 Å². The van der Waals surface area contributed by atoms with Gasteiger partial charge in [-0.15, -0.1) is 0 Å². The number of ether oxygens (including phenoxy) is 1. The molecule has 0 bridgehead atoms. The van der Waals surface area contributed by atoms with Gasteiger partial charge in [0.25, 0.3) is 5.91 Å². The monoisotopic (exact) mass is 284 g/mol. The van der Waals surface area contributed by atoms with Crippen LogP contribution in [-0.2, 0) is 4.74 Å². The van der Waals surface area contributed by atoms with E-state index in [4.69, 9.17) is 4.74 Å². The molecule has 6 heteroatoms. The van der Waals surface area contributed by atoms with Crippen LogP contribution in [0.3, 0.4) is 0 Å². The van der Waals surface area contributed by atoms with Gasteiger partial charge < -0.3 is 4.74 Å². The molecule has 2 heterocycles. The Balaban J connectivity index is 1.74. The predicted molar refractivity (Wildman–Crippen MR) is 77.3 cm³/mol. The summed E-state index contributed by atoms with van der Waals surface area (Å²) in [5.41, 5.74) is 4.89. The van der Waals surface area contributed by atoms with Gasteiger partial charge in [0.15, 0.2) is 0 Å². The molecule has 1 N–H and O–H groups in total. The average molecular weight is 284 g/mol. The molecule has 0 aliphatic carbocycles. The van der Waals surface area contributed by atoms with E-state index in [0.717, 1.165) is 11.3 Å². The molecule has 1 aliphatic heterocycles. The van der Waals surface area contributed by atoms with Crippen LogP contribution < -0.4 is 5.43 Å². The number of carbonyl (C=O) groups excluding carboxylic acids is 1. The van der Waals surface area contributed by atoms with Crippen LogP contribution in [0, 0.1) is 0 Å². The second kappa shape index (κ2) is 6.43. The molecule has 0 spiro atoms. The van der Waals surface area contributed by atoms with E-state index < -0.39 is 0 Å². The summed E-state index contributed by atoms with van der Waals surface area (Å²) in [6, 6.07) is 11.4. The first-order chi connectivity index (χ1) is 10.3. The fourth-order valence-electron chi connectivity index (χ4n) is 2.12. The Hall–Kier alpha value is -2.31. The third-order valence-corrected chi connectivity index (χ3v) is 3.24. The molecule has 1 aromatic carbocycles. The molecule has 108 valence electrons. The molecule has 21 heavy (non-hydrogen) atoms. The average Bonchev–Trinajstić information content (AvgIpc) is 2.57. The topological polar surface area (TPSA) is 67.4 Å². The van der Waals surface area contributed by atoms with Crippen LogP contribution in [0.25, 0.3) is 11.3 Å². The van der Waals surface area contributed by atoms with E-state index in [1.54, 1.807) is 6.07 Å². The third kappa shape index (κ3) is 3.42. The van der Waals surface area contributed by atoms with E-state index in [1.165, 1.54) is 6.33 Å². The van der Waals surface area contributed by atoms with Gasteiger partial charge in [0.05, 0.1) is 18.9 Å². The van der Waals surface area contributed by atoms with Gasteiger partial charge in [-0.2, -0.15) is 0 Å². The van der Waals surface area contributed by atoms with Gasteiger partial charge in [0, 0.05) is 18.7 Å². The zero-order valence-electron chi connectivity index (χ0n) is 11.5. The highest BCUT2D eigenvalue weighted by molar-refractivity contribution is 5.92. The molecule has 3 rings (SSSR count). The van der Waals surface area contributed by atoms with E-state index in [1.807, 2.05) is 35.3 Å². The Morgan fingerprint density at radius 2 is 1.90 bits per heavy atom. The Bertz CT molecular complexity index is 612. The maximum absolute atomic E-state index is 12.2. The highest BCUT2D eigenvalue weighted by atomic mass is 16.5. The number of amides is 1. The van der Waals surface area contributed by atoms with Crippen molar-refractivity contribution in [2.75, 3.05) is 26.3 Å². The molecule has 1 saturated heterocycles. The lowest BCUT2D eigenvalue weighted by Gasteiger charge is -2.26. The maximum Gasteiger partial charge on any atom is 0.284 e. The van der Waals surface area contributed by atoms with Gasteiger partial charge in [-0.05, 0) is 6.07 Å². The standard InChI is InChI=1S/C15H16N4O2/c20-15(18-19-6-8-21-9-7-19)14-10-13(16-11-17-14)12-4-2-1-3-5-12/h1-5,10-11H,6-9H2,(H,18,20). The van der Waals surface area contributed by atoms with Crippen LogP contribution in [0.2, 0.25) is 0 Å². The summed E-state index contributed by atoms with van der Waals surface area (Å²) in [5.74, 6) is -0.225. The fourth-order valence-corrected chi connectivity index (χ4v) is 2.12. The molecule has 2 aromatic rings. The van der Waals surface area contributed by atoms with Crippen molar-refractivity contribution >= 4 is 5.91 Å². The zero-order chi connectivity index (χ0) is 14.5. The second-order valence-corrected chi connectivity index (χ2v) is 4.69. The molecule has 1 amide bonds. The van der Waals surface area contributed by atoms with Crippen LogP contribution in [0.5, 0.6) is 0 Å². The predicted octanol–water partition coefficient (Wildman–Crippen LogP) is 1.12. The lowest BCUT2D eigenvalue weighted by Crippen LogP contribution is -2.48. The number of hydrogen-bond acceptors (Lipinski definition) is 5.